The van der Waals surface area contributed by atoms with Gasteiger partial charge in [0.1, 0.15) is 18.4 Å². The largest absolute Gasteiger partial charge is 0.399 e. The molecule has 0 bridgehead atoms. The number of rotatable bonds is 2. The number of aromatic nitrogens is 2. The molecule has 3 rings (SSSR count). The van der Waals surface area contributed by atoms with Gasteiger partial charge in [0, 0.05) is 19.9 Å². The highest BCUT2D eigenvalue weighted by Gasteiger charge is 2.07. The Bertz CT molecular complexity index is 884. The second-order valence-electron chi connectivity index (χ2n) is 4.43. The van der Waals surface area contributed by atoms with Gasteiger partial charge in [0.15, 0.2) is 11.6 Å². The van der Waals surface area contributed by atoms with Gasteiger partial charge in [-0.1, -0.05) is 37.0 Å². The highest BCUT2D eigenvalue weighted by atomic mass is 79.9. The molecule has 4 nitrogen and oxygen atoms in total. The fourth-order valence-corrected chi connectivity index (χ4v) is 2.65. The smallest absolute Gasteiger partial charge is 0.167 e. The van der Waals surface area contributed by atoms with Crippen molar-refractivity contribution in [3.05, 3.63) is 62.4 Å². The molecule has 0 saturated carbocycles. The van der Waals surface area contributed by atoms with E-state index in [0.29, 0.717) is 9.99 Å². The second kappa shape index (κ2) is 8.29. The van der Waals surface area contributed by atoms with Crippen molar-refractivity contribution in [1.29, 1.82) is 0 Å². The number of hydrogen-bond acceptors (Lipinski definition) is 3. The van der Waals surface area contributed by atoms with Gasteiger partial charge in [0.25, 0.3) is 0 Å². The molecule has 24 heavy (non-hydrogen) atoms. The molecule has 0 unspecified atom stereocenters. The summed E-state index contributed by atoms with van der Waals surface area (Å²) in [6, 6.07) is 5.66. The lowest BCUT2D eigenvalue weighted by Gasteiger charge is -1.98. The first kappa shape index (κ1) is 18.5. The van der Waals surface area contributed by atoms with Crippen molar-refractivity contribution < 1.29 is 18.0 Å². The highest BCUT2D eigenvalue weighted by molar-refractivity contribution is 9.10. The summed E-state index contributed by atoms with van der Waals surface area (Å²) in [4.78, 5) is 4.35. The lowest BCUT2D eigenvalue weighted by Crippen LogP contribution is -1.93. The molecular formula is C15H10Br2F3N3O. The van der Waals surface area contributed by atoms with E-state index in [4.69, 9.17) is 0 Å². The first-order chi connectivity index (χ1) is 11.4. The second-order valence-corrected chi connectivity index (χ2v) is 6.26. The molecule has 1 N–H and O–H groups in total. The maximum Gasteiger partial charge on any atom is 0.167 e. The SMILES string of the molecule is CO/N=C/c1cc(Br)cc(F)c1F.Fc1cc(Br)cc2cn[nH]c12. The number of nitrogens with one attached hydrogen (secondary N) is 1. The number of benzene rings is 2. The van der Waals surface area contributed by atoms with Crippen LogP contribution in [-0.2, 0) is 4.84 Å². The van der Waals surface area contributed by atoms with E-state index in [9.17, 15) is 13.2 Å². The van der Waals surface area contributed by atoms with Crippen LogP contribution in [-0.4, -0.2) is 23.5 Å². The average molecular weight is 465 g/mol. The molecule has 0 aliphatic heterocycles. The van der Waals surface area contributed by atoms with E-state index >= 15 is 0 Å². The summed E-state index contributed by atoms with van der Waals surface area (Å²) in [5, 5.41) is 10.4. The lowest BCUT2D eigenvalue weighted by molar-refractivity contribution is 0.215. The Morgan fingerprint density at radius 3 is 2.46 bits per heavy atom. The van der Waals surface area contributed by atoms with Crippen LogP contribution in [0.4, 0.5) is 13.2 Å². The van der Waals surface area contributed by atoms with Crippen molar-refractivity contribution in [2.75, 3.05) is 7.11 Å². The van der Waals surface area contributed by atoms with Gasteiger partial charge in [0.2, 0.25) is 0 Å². The molecule has 0 fully saturated rings. The van der Waals surface area contributed by atoms with Crippen LogP contribution in [0.3, 0.4) is 0 Å². The third-order valence-electron chi connectivity index (χ3n) is 2.78. The van der Waals surface area contributed by atoms with Crippen molar-refractivity contribution in [3.8, 4) is 0 Å². The number of H-pyrrole nitrogens is 1. The molecule has 9 heteroatoms. The van der Waals surface area contributed by atoms with Crippen LogP contribution in [0.15, 0.2) is 44.6 Å². The Morgan fingerprint density at radius 1 is 1.08 bits per heavy atom. The molecule has 1 aromatic heterocycles. The fourth-order valence-electron chi connectivity index (χ4n) is 1.76. The number of nitrogens with zero attached hydrogens (tertiary/aromatic N) is 2. The first-order valence-electron chi connectivity index (χ1n) is 6.41. The Balaban J connectivity index is 0.000000175. The van der Waals surface area contributed by atoms with Gasteiger partial charge in [-0.25, -0.2) is 13.2 Å². The van der Waals surface area contributed by atoms with E-state index in [1.54, 1.807) is 6.20 Å². The predicted molar refractivity (Wildman–Crippen MR) is 92.4 cm³/mol. The maximum absolute atomic E-state index is 13.0. The zero-order valence-electron chi connectivity index (χ0n) is 12.2. The highest BCUT2D eigenvalue weighted by Crippen LogP contribution is 2.20. The molecule has 0 aliphatic rings. The molecule has 0 atom stereocenters. The Hall–Kier alpha value is -1.87. The van der Waals surface area contributed by atoms with Gasteiger partial charge in [-0.15, -0.1) is 0 Å². The van der Waals surface area contributed by atoms with Gasteiger partial charge in [-0.05, 0) is 24.3 Å². The lowest BCUT2D eigenvalue weighted by atomic mass is 10.2. The zero-order chi connectivity index (χ0) is 17.7. The van der Waals surface area contributed by atoms with Crippen LogP contribution in [0, 0.1) is 17.5 Å². The van der Waals surface area contributed by atoms with E-state index in [1.165, 1.54) is 19.2 Å². The predicted octanol–water partition coefficient (Wildman–Crippen LogP) is 5.17. The quantitative estimate of drug-likeness (QED) is 0.323. The standard InChI is InChI=1S/C8H6BrF2NO.C7H4BrFN2/c1-13-12-4-5-2-6(9)3-7(10)8(5)11;8-5-1-4-3-10-11-7(4)6(9)2-5/h2-4H,1H3;1-3H,(H,10,11)/b12-4+;. The van der Waals surface area contributed by atoms with Crippen molar-refractivity contribution in [3.63, 3.8) is 0 Å². The van der Waals surface area contributed by atoms with Crippen LogP contribution in [0.5, 0.6) is 0 Å². The molecule has 0 radical (unpaired) electrons. The Morgan fingerprint density at radius 2 is 1.75 bits per heavy atom. The molecule has 0 aliphatic carbocycles. The Labute approximate surface area is 151 Å². The van der Waals surface area contributed by atoms with E-state index in [1.807, 2.05) is 6.07 Å². The van der Waals surface area contributed by atoms with E-state index in [-0.39, 0.29) is 11.4 Å². The number of halogens is 5. The summed E-state index contributed by atoms with van der Waals surface area (Å²) < 4.78 is 39.9. The summed E-state index contributed by atoms with van der Waals surface area (Å²) in [5.74, 6) is -2.15. The third kappa shape index (κ3) is 4.57. The molecule has 0 spiro atoms. The monoisotopic (exact) mass is 463 g/mol. The van der Waals surface area contributed by atoms with Crippen molar-refractivity contribution in [2.45, 2.75) is 0 Å². The Kier molecular flexibility index (Phi) is 6.38. The van der Waals surface area contributed by atoms with Crippen LogP contribution in [0.25, 0.3) is 10.9 Å². The number of aromatic amines is 1. The van der Waals surface area contributed by atoms with Crippen molar-refractivity contribution in [1.82, 2.24) is 10.2 Å². The topological polar surface area (TPSA) is 50.3 Å². The molecule has 0 saturated heterocycles. The maximum atomic E-state index is 13.0. The summed E-state index contributed by atoms with van der Waals surface area (Å²) in [6.07, 6.45) is 2.69. The van der Waals surface area contributed by atoms with Crippen LogP contribution in [0.1, 0.15) is 5.56 Å². The number of hydrogen-bond donors (Lipinski definition) is 1. The van der Waals surface area contributed by atoms with Crippen LogP contribution < -0.4 is 0 Å². The normalized spacial score (nSPS) is 10.8. The summed E-state index contributed by atoms with van der Waals surface area (Å²) >= 11 is 6.22. The van der Waals surface area contributed by atoms with E-state index < -0.39 is 11.6 Å². The average Bonchev–Trinajstić information content (AvgIpc) is 2.98. The van der Waals surface area contributed by atoms with Crippen LogP contribution >= 0.6 is 31.9 Å². The summed E-state index contributed by atoms with van der Waals surface area (Å²) in [5.41, 5.74) is 0.488. The van der Waals surface area contributed by atoms with Gasteiger partial charge in [0.05, 0.1) is 12.4 Å². The molecule has 1 heterocycles. The van der Waals surface area contributed by atoms with Gasteiger partial charge < -0.3 is 4.84 Å². The van der Waals surface area contributed by atoms with E-state index in [2.05, 4.69) is 52.1 Å². The minimum atomic E-state index is -0.941. The third-order valence-corrected chi connectivity index (χ3v) is 3.70. The summed E-state index contributed by atoms with van der Waals surface area (Å²) in [6.45, 7) is 0. The van der Waals surface area contributed by atoms with Crippen molar-refractivity contribution >= 4 is 49.0 Å². The number of oxime groups is 1. The minimum absolute atomic E-state index is 0.0359. The molecular weight excluding hydrogens is 455 g/mol. The van der Waals surface area contributed by atoms with Gasteiger partial charge in [-0.3, -0.25) is 5.10 Å². The fraction of sp³-hybridized carbons (Fsp3) is 0.0667. The van der Waals surface area contributed by atoms with E-state index in [0.717, 1.165) is 22.1 Å². The van der Waals surface area contributed by atoms with Gasteiger partial charge >= 0.3 is 0 Å². The minimum Gasteiger partial charge on any atom is -0.399 e. The van der Waals surface area contributed by atoms with Crippen molar-refractivity contribution in [2.24, 2.45) is 5.16 Å². The number of fused-ring (bicyclic) bond motifs is 1. The molecule has 3 aromatic rings. The molecule has 126 valence electrons. The first-order valence-corrected chi connectivity index (χ1v) is 8.00. The van der Waals surface area contributed by atoms with Crippen LogP contribution in [0.2, 0.25) is 0 Å². The molecule has 0 amide bonds. The zero-order valence-corrected chi connectivity index (χ0v) is 15.3. The summed E-state index contributed by atoms with van der Waals surface area (Å²) in [7, 11) is 1.32. The molecule has 2 aromatic carbocycles. The van der Waals surface area contributed by atoms with Gasteiger partial charge in [-0.2, -0.15) is 5.10 Å².